The second kappa shape index (κ2) is 4.89. The Morgan fingerprint density at radius 3 is 2.62 bits per heavy atom. The van der Waals surface area contributed by atoms with Crippen molar-refractivity contribution in [1.29, 1.82) is 0 Å². The van der Waals surface area contributed by atoms with Crippen LogP contribution in [0.25, 0.3) is 16.7 Å². The molecule has 21 heavy (non-hydrogen) atoms. The Morgan fingerprint density at radius 1 is 0.905 bits per heavy atom. The maximum Gasteiger partial charge on any atom is -0.000729 e. The zero-order valence-corrected chi connectivity index (χ0v) is 12.3. The van der Waals surface area contributed by atoms with Crippen LogP contribution in [0.3, 0.4) is 0 Å². The van der Waals surface area contributed by atoms with Crippen molar-refractivity contribution in [3.8, 4) is 11.1 Å². The molecule has 2 aromatic rings. The second-order valence-electron chi connectivity index (χ2n) is 5.71. The van der Waals surface area contributed by atoms with Crippen molar-refractivity contribution in [3.63, 3.8) is 0 Å². The molecule has 0 atom stereocenters. The minimum Gasteiger partial charge on any atom is -0.0775 e. The van der Waals surface area contributed by atoms with E-state index in [-0.39, 0.29) is 0 Å². The van der Waals surface area contributed by atoms with E-state index in [2.05, 4.69) is 73.7 Å². The average molecular weight is 270 g/mol. The Balaban J connectivity index is 1.83. The fourth-order valence-electron chi connectivity index (χ4n) is 3.42. The summed E-state index contributed by atoms with van der Waals surface area (Å²) < 4.78 is 0. The van der Waals surface area contributed by atoms with Crippen LogP contribution in [-0.2, 0) is 6.42 Å². The first-order valence-electron chi connectivity index (χ1n) is 7.67. The quantitative estimate of drug-likeness (QED) is 0.573. The number of hydrogen-bond acceptors (Lipinski definition) is 0. The highest BCUT2D eigenvalue weighted by atomic mass is 14.2. The molecule has 0 bridgehead atoms. The Hall–Kier alpha value is -2.34. The Kier molecular flexibility index (Phi) is 2.89. The molecule has 0 radical (unpaired) electrons. The van der Waals surface area contributed by atoms with Crippen molar-refractivity contribution < 1.29 is 0 Å². The van der Waals surface area contributed by atoms with Gasteiger partial charge in [0.15, 0.2) is 0 Å². The largest absolute Gasteiger partial charge is 0.0775 e. The first kappa shape index (κ1) is 12.4. The van der Waals surface area contributed by atoms with Crippen LogP contribution < -0.4 is 0 Å². The van der Waals surface area contributed by atoms with E-state index in [1.165, 1.54) is 39.0 Å². The molecule has 0 amide bonds. The molecule has 2 aromatic carbocycles. The van der Waals surface area contributed by atoms with Gasteiger partial charge in [-0.25, -0.2) is 0 Å². The fraction of sp³-hybridized carbons (Fsp3) is 0.143. The highest BCUT2D eigenvalue weighted by Gasteiger charge is 2.21. The van der Waals surface area contributed by atoms with Gasteiger partial charge in [0.2, 0.25) is 0 Å². The van der Waals surface area contributed by atoms with Crippen molar-refractivity contribution in [1.82, 2.24) is 0 Å². The van der Waals surface area contributed by atoms with Crippen LogP contribution in [0.15, 0.2) is 72.3 Å². The summed E-state index contributed by atoms with van der Waals surface area (Å²) in [5, 5.41) is 0. The summed E-state index contributed by atoms with van der Waals surface area (Å²) in [4.78, 5) is 0. The predicted molar refractivity (Wildman–Crippen MR) is 90.2 cm³/mol. The van der Waals surface area contributed by atoms with Crippen LogP contribution >= 0.6 is 0 Å². The van der Waals surface area contributed by atoms with Gasteiger partial charge in [0.25, 0.3) is 0 Å². The van der Waals surface area contributed by atoms with Gasteiger partial charge < -0.3 is 0 Å². The van der Waals surface area contributed by atoms with Gasteiger partial charge in [-0.3, -0.25) is 0 Å². The lowest BCUT2D eigenvalue weighted by molar-refractivity contribution is 1.21. The number of rotatable bonds is 2. The van der Waals surface area contributed by atoms with Crippen molar-refractivity contribution in [3.05, 3.63) is 89.0 Å². The van der Waals surface area contributed by atoms with Crippen molar-refractivity contribution in [2.75, 3.05) is 0 Å². The van der Waals surface area contributed by atoms with Crippen molar-refractivity contribution in [2.24, 2.45) is 0 Å². The predicted octanol–water partition coefficient (Wildman–Crippen LogP) is 5.55. The van der Waals surface area contributed by atoms with Gasteiger partial charge >= 0.3 is 0 Å². The SMILES string of the molecule is CCC=C1C=CC(c2cccc3c2Cc2ccccc2-3)=C1. The molecule has 0 heteroatoms. The van der Waals surface area contributed by atoms with Crippen LogP contribution in [0.5, 0.6) is 0 Å². The standard InChI is InChI=1S/C21H18/c1-2-6-15-11-12-17(13-15)19-9-5-10-20-18-8-4-3-7-16(18)14-21(19)20/h3-13H,2,14H2,1H3. The molecule has 0 saturated heterocycles. The third-order valence-corrected chi connectivity index (χ3v) is 4.38. The van der Waals surface area contributed by atoms with E-state index in [4.69, 9.17) is 0 Å². The lowest BCUT2D eigenvalue weighted by Crippen LogP contribution is -1.89. The minimum atomic E-state index is 1.06. The summed E-state index contributed by atoms with van der Waals surface area (Å²) in [5.41, 5.74) is 9.81. The third kappa shape index (κ3) is 1.99. The molecule has 0 saturated carbocycles. The van der Waals surface area contributed by atoms with Crippen LogP contribution in [-0.4, -0.2) is 0 Å². The molecule has 0 spiro atoms. The third-order valence-electron chi connectivity index (χ3n) is 4.38. The van der Waals surface area contributed by atoms with E-state index in [9.17, 15) is 0 Å². The number of allylic oxidation sites excluding steroid dienone is 6. The number of benzene rings is 2. The average Bonchev–Trinajstić information content (AvgIpc) is 3.11. The van der Waals surface area contributed by atoms with Gasteiger partial charge in [0.05, 0.1) is 0 Å². The lowest BCUT2D eigenvalue weighted by Gasteiger charge is -2.08. The zero-order valence-electron chi connectivity index (χ0n) is 12.3. The molecule has 0 N–H and O–H groups in total. The summed E-state index contributed by atoms with van der Waals surface area (Å²) in [7, 11) is 0. The van der Waals surface area contributed by atoms with Crippen LogP contribution in [0.1, 0.15) is 30.0 Å². The van der Waals surface area contributed by atoms with E-state index in [0.717, 1.165) is 12.8 Å². The molecule has 0 unspecified atom stereocenters. The van der Waals surface area contributed by atoms with Gasteiger partial charge in [-0.15, -0.1) is 0 Å². The van der Waals surface area contributed by atoms with E-state index in [1.54, 1.807) is 0 Å². The van der Waals surface area contributed by atoms with E-state index in [1.807, 2.05) is 0 Å². The molecular weight excluding hydrogens is 252 g/mol. The van der Waals surface area contributed by atoms with Crippen molar-refractivity contribution >= 4 is 5.57 Å². The minimum absolute atomic E-state index is 1.06. The van der Waals surface area contributed by atoms with Gasteiger partial charge in [0.1, 0.15) is 0 Å². The Labute approximate surface area is 126 Å². The summed E-state index contributed by atoms with van der Waals surface area (Å²) in [6, 6.07) is 15.5. The van der Waals surface area contributed by atoms with Gasteiger partial charge in [-0.05, 0) is 57.9 Å². The van der Waals surface area contributed by atoms with Crippen LogP contribution in [0.2, 0.25) is 0 Å². The molecule has 2 aliphatic carbocycles. The number of hydrogen-bond donors (Lipinski definition) is 0. The first-order valence-corrected chi connectivity index (χ1v) is 7.67. The van der Waals surface area contributed by atoms with E-state index < -0.39 is 0 Å². The smallest absolute Gasteiger partial charge is 0.000729 e. The van der Waals surface area contributed by atoms with Crippen molar-refractivity contribution in [2.45, 2.75) is 19.8 Å². The molecule has 0 nitrogen and oxygen atoms in total. The fourth-order valence-corrected chi connectivity index (χ4v) is 3.42. The normalized spacial score (nSPS) is 17.0. The molecule has 0 aromatic heterocycles. The number of fused-ring (bicyclic) bond motifs is 3. The van der Waals surface area contributed by atoms with Gasteiger partial charge in [-0.1, -0.05) is 67.6 Å². The topological polar surface area (TPSA) is 0 Å². The maximum atomic E-state index is 2.31. The molecule has 2 aliphatic rings. The lowest BCUT2D eigenvalue weighted by atomic mass is 9.96. The Morgan fingerprint density at radius 2 is 1.71 bits per heavy atom. The van der Waals surface area contributed by atoms with Gasteiger partial charge in [-0.2, -0.15) is 0 Å². The summed E-state index contributed by atoms with van der Waals surface area (Å²) in [6.45, 7) is 2.18. The second-order valence-corrected chi connectivity index (χ2v) is 5.71. The van der Waals surface area contributed by atoms with Crippen LogP contribution in [0.4, 0.5) is 0 Å². The molecule has 4 rings (SSSR count). The monoisotopic (exact) mass is 270 g/mol. The first-order chi connectivity index (χ1) is 10.4. The molecule has 0 fully saturated rings. The highest BCUT2D eigenvalue weighted by Crippen LogP contribution is 2.41. The maximum absolute atomic E-state index is 2.31. The van der Waals surface area contributed by atoms with Gasteiger partial charge in [0, 0.05) is 0 Å². The molecule has 102 valence electrons. The summed E-state index contributed by atoms with van der Waals surface area (Å²) >= 11 is 0. The Bertz CT molecular complexity index is 801. The molecule has 0 heterocycles. The van der Waals surface area contributed by atoms with E-state index in [0.29, 0.717) is 0 Å². The zero-order chi connectivity index (χ0) is 14.2. The van der Waals surface area contributed by atoms with Crippen LogP contribution in [0, 0.1) is 0 Å². The highest BCUT2D eigenvalue weighted by molar-refractivity contribution is 5.88. The molecule has 0 aliphatic heterocycles. The summed E-state index contributed by atoms with van der Waals surface area (Å²) in [6.07, 6.45) is 11.2. The summed E-state index contributed by atoms with van der Waals surface area (Å²) in [5.74, 6) is 0. The van der Waals surface area contributed by atoms with E-state index >= 15 is 0 Å². The molecular formula is C21H18.